The van der Waals surface area contributed by atoms with Crippen molar-refractivity contribution in [2.75, 3.05) is 13.2 Å². The number of rotatable bonds is 4. The standard InChI is InChI=1S/C10H8O7S/c1-3-5-14-9(11)7-8(17-18(13)16-7)10(12)15-6-4-2/h1-2,7-8H,5-6H2. The van der Waals surface area contributed by atoms with Crippen molar-refractivity contribution in [3.63, 3.8) is 0 Å². The van der Waals surface area contributed by atoms with Crippen LogP contribution in [0.15, 0.2) is 0 Å². The summed E-state index contributed by atoms with van der Waals surface area (Å²) in [5, 5.41) is 0. The Morgan fingerprint density at radius 3 is 1.78 bits per heavy atom. The van der Waals surface area contributed by atoms with Crippen LogP contribution in [-0.4, -0.2) is 41.6 Å². The van der Waals surface area contributed by atoms with E-state index in [4.69, 9.17) is 12.8 Å². The van der Waals surface area contributed by atoms with Gasteiger partial charge in [-0.2, -0.15) is 4.21 Å². The van der Waals surface area contributed by atoms with E-state index in [1.165, 1.54) is 0 Å². The molecule has 96 valence electrons. The van der Waals surface area contributed by atoms with Crippen molar-refractivity contribution in [2.24, 2.45) is 0 Å². The third kappa shape index (κ3) is 3.57. The molecule has 0 saturated carbocycles. The lowest BCUT2D eigenvalue weighted by Gasteiger charge is -2.11. The molecule has 0 N–H and O–H groups in total. The van der Waals surface area contributed by atoms with Crippen LogP contribution in [0.4, 0.5) is 0 Å². The molecule has 18 heavy (non-hydrogen) atoms. The van der Waals surface area contributed by atoms with Crippen molar-refractivity contribution in [1.29, 1.82) is 0 Å². The Hall–Kier alpha value is -1.87. The van der Waals surface area contributed by atoms with E-state index in [1.807, 2.05) is 0 Å². The number of terminal acetylenes is 2. The summed E-state index contributed by atoms with van der Waals surface area (Å²) in [7, 11) is 0. The highest BCUT2D eigenvalue weighted by molar-refractivity contribution is 7.75. The van der Waals surface area contributed by atoms with Crippen molar-refractivity contribution >= 4 is 23.3 Å². The topological polar surface area (TPSA) is 88.1 Å². The lowest BCUT2D eigenvalue weighted by Crippen LogP contribution is -2.39. The molecular weight excluding hydrogens is 264 g/mol. The van der Waals surface area contributed by atoms with E-state index in [-0.39, 0.29) is 13.2 Å². The van der Waals surface area contributed by atoms with Crippen LogP contribution >= 0.6 is 0 Å². The van der Waals surface area contributed by atoms with Gasteiger partial charge in [-0.15, -0.1) is 12.8 Å². The Labute approximate surface area is 106 Å². The monoisotopic (exact) mass is 272 g/mol. The second kappa shape index (κ2) is 6.77. The third-order valence-corrected chi connectivity index (χ3v) is 2.43. The normalized spacial score (nSPS) is 25.8. The van der Waals surface area contributed by atoms with Gasteiger partial charge in [-0.1, -0.05) is 11.8 Å². The average Bonchev–Trinajstić information content (AvgIpc) is 2.75. The second-order valence-corrected chi connectivity index (χ2v) is 3.65. The summed E-state index contributed by atoms with van der Waals surface area (Å²) in [5.74, 6) is 2.17. The SMILES string of the molecule is C#CCOC(=O)C1OS(=O)OC1C(=O)OCC#C. The highest BCUT2D eigenvalue weighted by atomic mass is 32.2. The highest BCUT2D eigenvalue weighted by Gasteiger charge is 2.47. The molecule has 0 spiro atoms. The quantitative estimate of drug-likeness (QED) is 0.464. The fraction of sp³-hybridized carbons (Fsp3) is 0.400. The van der Waals surface area contributed by atoms with Crippen LogP contribution in [0.3, 0.4) is 0 Å². The van der Waals surface area contributed by atoms with Crippen LogP contribution in [-0.2, 0) is 38.8 Å². The average molecular weight is 272 g/mol. The molecule has 0 aromatic heterocycles. The smallest absolute Gasteiger partial charge is 0.341 e. The van der Waals surface area contributed by atoms with Crippen molar-refractivity contribution in [2.45, 2.75) is 12.2 Å². The first kappa shape index (κ1) is 14.2. The molecule has 8 heteroatoms. The Morgan fingerprint density at radius 2 is 1.44 bits per heavy atom. The predicted molar refractivity (Wildman–Crippen MR) is 57.5 cm³/mol. The Kier molecular flexibility index (Phi) is 5.33. The summed E-state index contributed by atoms with van der Waals surface area (Å²) in [6.07, 6.45) is 6.79. The minimum Gasteiger partial charge on any atom is -0.450 e. The molecule has 1 aliphatic heterocycles. The van der Waals surface area contributed by atoms with Gasteiger partial charge in [0.05, 0.1) is 0 Å². The fourth-order valence-electron chi connectivity index (χ4n) is 1.01. The highest BCUT2D eigenvalue weighted by Crippen LogP contribution is 2.20. The Morgan fingerprint density at radius 1 is 1.06 bits per heavy atom. The van der Waals surface area contributed by atoms with Gasteiger partial charge in [0.2, 0.25) is 12.2 Å². The minimum atomic E-state index is -2.24. The van der Waals surface area contributed by atoms with Crippen molar-refractivity contribution in [3.05, 3.63) is 0 Å². The molecule has 1 heterocycles. The van der Waals surface area contributed by atoms with Gasteiger partial charge in [0, 0.05) is 0 Å². The Bertz CT molecular complexity index is 404. The fourth-order valence-corrected chi connectivity index (χ4v) is 1.75. The maximum atomic E-state index is 11.4. The third-order valence-electron chi connectivity index (χ3n) is 1.70. The number of hydrogen-bond acceptors (Lipinski definition) is 7. The van der Waals surface area contributed by atoms with Crippen LogP contribution in [0, 0.1) is 24.7 Å². The van der Waals surface area contributed by atoms with E-state index in [0.29, 0.717) is 0 Å². The second-order valence-electron chi connectivity index (χ2n) is 2.86. The zero-order valence-electron chi connectivity index (χ0n) is 8.99. The number of hydrogen-bond donors (Lipinski definition) is 0. The molecule has 0 aromatic carbocycles. The summed E-state index contributed by atoms with van der Waals surface area (Å²) in [6.45, 7) is -0.616. The van der Waals surface area contributed by atoms with E-state index in [1.54, 1.807) is 0 Å². The van der Waals surface area contributed by atoms with E-state index < -0.39 is 35.5 Å². The summed E-state index contributed by atoms with van der Waals surface area (Å²) in [4.78, 5) is 22.9. The van der Waals surface area contributed by atoms with E-state index in [9.17, 15) is 13.8 Å². The largest absolute Gasteiger partial charge is 0.450 e. The number of carbonyl (C=O) groups excluding carboxylic acids is 2. The van der Waals surface area contributed by atoms with Gasteiger partial charge in [0.25, 0.3) is 0 Å². The molecule has 1 saturated heterocycles. The van der Waals surface area contributed by atoms with Crippen molar-refractivity contribution in [1.82, 2.24) is 0 Å². The van der Waals surface area contributed by atoms with Gasteiger partial charge >= 0.3 is 23.3 Å². The number of carbonyl (C=O) groups is 2. The van der Waals surface area contributed by atoms with Crippen LogP contribution in [0.1, 0.15) is 0 Å². The molecule has 0 aromatic rings. The van der Waals surface area contributed by atoms with Gasteiger partial charge in [-0.25, -0.2) is 18.0 Å². The van der Waals surface area contributed by atoms with E-state index in [0.717, 1.165) is 0 Å². The molecule has 0 radical (unpaired) electrons. The van der Waals surface area contributed by atoms with Gasteiger partial charge in [-0.3, -0.25) is 0 Å². The zero-order chi connectivity index (χ0) is 13.5. The molecule has 1 aliphatic rings. The summed E-state index contributed by atoms with van der Waals surface area (Å²) in [6, 6.07) is 0. The first-order valence-electron chi connectivity index (χ1n) is 4.56. The van der Waals surface area contributed by atoms with Gasteiger partial charge in [0.15, 0.2) is 13.2 Å². The molecule has 1 fully saturated rings. The van der Waals surface area contributed by atoms with Gasteiger partial charge < -0.3 is 9.47 Å². The number of ether oxygens (including phenoxy) is 2. The molecule has 1 rings (SSSR count). The maximum absolute atomic E-state index is 11.4. The van der Waals surface area contributed by atoms with Crippen molar-refractivity contribution in [3.8, 4) is 24.7 Å². The lowest BCUT2D eigenvalue weighted by atomic mass is 10.2. The molecule has 2 unspecified atom stereocenters. The molecule has 0 bridgehead atoms. The summed E-state index contributed by atoms with van der Waals surface area (Å²) in [5.41, 5.74) is 0. The van der Waals surface area contributed by atoms with Crippen LogP contribution in [0.25, 0.3) is 0 Å². The number of esters is 2. The van der Waals surface area contributed by atoms with Crippen LogP contribution in [0.5, 0.6) is 0 Å². The minimum absolute atomic E-state index is 0.308. The molecule has 2 atom stereocenters. The van der Waals surface area contributed by atoms with Gasteiger partial charge in [-0.05, 0) is 0 Å². The van der Waals surface area contributed by atoms with Crippen LogP contribution < -0.4 is 0 Å². The van der Waals surface area contributed by atoms with E-state index >= 15 is 0 Å². The summed E-state index contributed by atoms with van der Waals surface area (Å²) >= 11 is -2.24. The maximum Gasteiger partial charge on any atom is 0.341 e. The molecule has 0 aliphatic carbocycles. The van der Waals surface area contributed by atoms with Crippen molar-refractivity contribution < 1.29 is 31.6 Å². The first-order valence-corrected chi connectivity index (χ1v) is 5.56. The Balaban J connectivity index is 2.67. The first-order chi connectivity index (χ1) is 8.60. The molecule has 0 amide bonds. The molecule has 7 nitrogen and oxygen atoms in total. The van der Waals surface area contributed by atoms with E-state index in [2.05, 4.69) is 29.7 Å². The molecular formula is C10H8O7S. The van der Waals surface area contributed by atoms with Crippen LogP contribution in [0.2, 0.25) is 0 Å². The zero-order valence-corrected chi connectivity index (χ0v) is 9.81. The lowest BCUT2D eigenvalue weighted by molar-refractivity contribution is -0.161. The van der Waals surface area contributed by atoms with Gasteiger partial charge in [0.1, 0.15) is 0 Å². The predicted octanol–water partition coefficient (Wildman–Crippen LogP) is -1.30. The summed E-state index contributed by atoms with van der Waals surface area (Å²) < 4.78 is 29.3.